The van der Waals surface area contributed by atoms with E-state index < -0.39 is 10.0 Å². The number of methoxy groups -OCH3 is 2. The Hall–Kier alpha value is -3.70. The van der Waals surface area contributed by atoms with Gasteiger partial charge in [0.2, 0.25) is 0 Å². The summed E-state index contributed by atoms with van der Waals surface area (Å²) in [7, 11) is 0.886. The van der Waals surface area contributed by atoms with Gasteiger partial charge in [-0.1, -0.05) is 12.1 Å². The lowest BCUT2D eigenvalue weighted by Crippen LogP contribution is -2.16. The fourth-order valence-corrected chi connectivity index (χ4v) is 4.10. The Balaban J connectivity index is 1.77. The molecule has 0 spiro atoms. The third-order valence-electron chi connectivity index (χ3n) is 4.53. The van der Waals surface area contributed by atoms with Crippen molar-refractivity contribution in [3.8, 4) is 5.75 Å². The van der Waals surface area contributed by atoms with E-state index in [0.29, 0.717) is 29.1 Å². The quantitative estimate of drug-likeness (QED) is 0.417. The molecule has 2 heterocycles. The van der Waals surface area contributed by atoms with E-state index in [4.69, 9.17) is 9.47 Å². The molecule has 0 saturated heterocycles. The van der Waals surface area contributed by atoms with Gasteiger partial charge < -0.3 is 19.4 Å². The lowest BCUT2D eigenvalue weighted by Gasteiger charge is -2.14. The molecule has 0 aliphatic rings. The van der Waals surface area contributed by atoms with Gasteiger partial charge in [0.1, 0.15) is 5.75 Å². The molecule has 0 saturated carbocycles. The number of nitrogens with zero attached hydrogens (tertiary/aromatic N) is 4. The zero-order valence-electron chi connectivity index (χ0n) is 17.7. The zero-order valence-corrected chi connectivity index (χ0v) is 18.5. The second-order valence-electron chi connectivity index (χ2n) is 7.02. The second-order valence-corrected chi connectivity index (χ2v) is 8.65. The molecule has 166 valence electrons. The van der Waals surface area contributed by atoms with Crippen molar-refractivity contribution in [2.75, 3.05) is 24.3 Å². The minimum absolute atomic E-state index is 0.0467. The molecule has 0 aliphatic carbocycles. The first-order valence-corrected chi connectivity index (χ1v) is 11.1. The van der Waals surface area contributed by atoms with Crippen LogP contribution in [0, 0.1) is 0 Å². The molecule has 11 heteroatoms. The van der Waals surface area contributed by atoms with Crippen molar-refractivity contribution in [3.63, 3.8) is 0 Å². The monoisotopic (exact) mass is 454 g/mol. The summed E-state index contributed by atoms with van der Waals surface area (Å²) < 4.78 is 40.4. The maximum Gasteiger partial charge on any atom is 0.282 e. The molecule has 0 amide bonds. The number of rotatable bonds is 8. The van der Waals surface area contributed by atoms with Crippen LogP contribution >= 0.6 is 0 Å². The minimum Gasteiger partial charge on any atom is -0.497 e. The Morgan fingerprint density at radius 1 is 1.03 bits per heavy atom. The molecule has 2 aromatic heterocycles. The molecule has 0 radical (unpaired) electrons. The van der Waals surface area contributed by atoms with E-state index in [1.165, 1.54) is 12.5 Å². The van der Waals surface area contributed by atoms with Gasteiger partial charge in [-0.15, -0.1) is 0 Å². The molecule has 4 rings (SSSR count). The lowest BCUT2D eigenvalue weighted by atomic mass is 10.2. The highest BCUT2D eigenvalue weighted by Crippen LogP contribution is 2.29. The Morgan fingerprint density at radius 2 is 1.75 bits per heavy atom. The fourth-order valence-electron chi connectivity index (χ4n) is 3.10. The van der Waals surface area contributed by atoms with Gasteiger partial charge in [-0.3, -0.25) is 4.72 Å². The summed E-state index contributed by atoms with van der Waals surface area (Å²) in [5.74, 6) is 0.900. The van der Waals surface area contributed by atoms with Crippen LogP contribution in [0.5, 0.6) is 5.75 Å². The van der Waals surface area contributed by atoms with E-state index >= 15 is 0 Å². The highest BCUT2D eigenvalue weighted by atomic mass is 32.2. The summed E-state index contributed by atoms with van der Waals surface area (Å²) >= 11 is 0. The molecule has 10 nitrogen and oxygen atoms in total. The Bertz CT molecular complexity index is 1370. The molecule has 0 aliphatic heterocycles. The number of imidazole rings is 1. The molecule has 0 bridgehead atoms. The first-order valence-electron chi connectivity index (χ1n) is 9.59. The molecule has 4 aromatic rings. The molecule has 0 unspecified atom stereocenters. The molecule has 0 fully saturated rings. The van der Waals surface area contributed by atoms with Crippen molar-refractivity contribution in [1.29, 1.82) is 0 Å². The molecule has 0 atom stereocenters. The largest absolute Gasteiger partial charge is 0.497 e. The van der Waals surface area contributed by atoms with E-state index in [-0.39, 0.29) is 16.7 Å². The van der Waals surface area contributed by atoms with Gasteiger partial charge >= 0.3 is 0 Å². The number of sulfonamides is 1. The van der Waals surface area contributed by atoms with Gasteiger partial charge in [0.25, 0.3) is 10.0 Å². The van der Waals surface area contributed by atoms with Crippen molar-refractivity contribution in [1.82, 2.24) is 19.5 Å². The third-order valence-corrected chi connectivity index (χ3v) is 5.76. The van der Waals surface area contributed by atoms with Crippen molar-refractivity contribution < 1.29 is 17.9 Å². The van der Waals surface area contributed by atoms with Gasteiger partial charge in [-0.2, -0.15) is 8.42 Å². The maximum atomic E-state index is 12.9. The number of para-hydroxylation sites is 2. The van der Waals surface area contributed by atoms with E-state index in [9.17, 15) is 8.42 Å². The van der Waals surface area contributed by atoms with Crippen molar-refractivity contribution >= 4 is 38.4 Å². The molecule has 2 aromatic carbocycles. The Labute approximate surface area is 185 Å². The van der Waals surface area contributed by atoms with Crippen LogP contribution in [0.25, 0.3) is 11.0 Å². The number of aromatic nitrogens is 4. The lowest BCUT2D eigenvalue weighted by molar-refractivity contribution is 0.184. The average molecular weight is 455 g/mol. The number of nitrogens with one attached hydrogen (secondary N) is 2. The van der Waals surface area contributed by atoms with E-state index in [1.54, 1.807) is 50.1 Å². The van der Waals surface area contributed by atoms with Crippen LogP contribution in [0.15, 0.2) is 60.0 Å². The van der Waals surface area contributed by atoms with Gasteiger partial charge in [0.05, 0.1) is 31.1 Å². The SMILES string of the molecule is COCc1cc(Nc2nc3ccccc3nc2NS(=O)(=O)c2cn(C)cn2)cc(OC)c1. The van der Waals surface area contributed by atoms with Crippen LogP contribution in [0.2, 0.25) is 0 Å². The standard InChI is InChI=1S/C21H22N6O4S/c1-27-11-19(22-13-27)32(28,29)26-21-20(24-17-6-4-5-7-18(17)25-21)23-15-8-14(12-30-2)9-16(10-15)31-3/h4-11,13H,12H2,1-3H3,(H,23,24)(H,25,26). The minimum atomic E-state index is -3.97. The second kappa shape index (κ2) is 8.81. The van der Waals surface area contributed by atoms with Crippen LogP contribution in [0.1, 0.15) is 5.56 Å². The smallest absolute Gasteiger partial charge is 0.282 e. The number of aryl methyl sites for hydroxylation is 1. The summed E-state index contributed by atoms with van der Waals surface area (Å²) in [6.07, 6.45) is 2.82. The van der Waals surface area contributed by atoms with E-state index in [1.807, 2.05) is 18.2 Å². The van der Waals surface area contributed by atoms with Gasteiger partial charge in [0.15, 0.2) is 16.7 Å². The Morgan fingerprint density at radius 3 is 2.38 bits per heavy atom. The number of hydrogen-bond acceptors (Lipinski definition) is 8. The van der Waals surface area contributed by atoms with Crippen LogP contribution in [0.4, 0.5) is 17.3 Å². The number of hydrogen-bond donors (Lipinski definition) is 2. The predicted molar refractivity (Wildman–Crippen MR) is 121 cm³/mol. The van der Waals surface area contributed by atoms with Gasteiger partial charge in [-0.05, 0) is 29.8 Å². The van der Waals surface area contributed by atoms with Crippen LogP contribution in [-0.2, 0) is 28.4 Å². The average Bonchev–Trinajstić information content (AvgIpc) is 3.21. The Kier molecular flexibility index (Phi) is 5.93. The van der Waals surface area contributed by atoms with Crippen molar-refractivity contribution in [2.24, 2.45) is 7.05 Å². The highest BCUT2D eigenvalue weighted by Gasteiger charge is 2.21. The van der Waals surface area contributed by atoms with Gasteiger partial charge in [-0.25, -0.2) is 15.0 Å². The molecular weight excluding hydrogens is 432 g/mol. The topological polar surface area (TPSA) is 120 Å². The van der Waals surface area contributed by atoms with E-state index in [2.05, 4.69) is 25.0 Å². The van der Waals surface area contributed by atoms with Gasteiger partial charge in [0, 0.05) is 32.1 Å². The first kappa shape index (κ1) is 21.5. The highest BCUT2D eigenvalue weighted by molar-refractivity contribution is 7.92. The number of fused-ring (bicyclic) bond motifs is 1. The third kappa shape index (κ3) is 4.63. The number of anilines is 3. The molecule has 32 heavy (non-hydrogen) atoms. The number of benzene rings is 2. The predicted octanol–water partition coefficient (Wildman–Crippen LogP) is 3.06. The summed E-state index contributed by atoms with van der Waals surface area (Å²) in [4.78, 5) is 13.0. The van der Waals surface area contributed by atoms with Crippen LogP contribution in [-0.4, -0.2) is 42.2 Å². The van der Waals surface area contributed by atoms with E-state index in [0.717, 1.165) is 5.56 Å². The first-order chi connectivity index (χ1) is 15.4. The van der Waals surface area contributed by atoms with Crippen LogP contribution in [0.3, 0.4) is 0 Å². The van der Waals surface area contributed by atoms with Crippen LogP contribution < -0.4 is 14.8 Å². The number of ether oxygens (including phenoxy) is 2. The normalized spacial score (nSPS) is 11.5. The van der Waals surface area contributed by atoms with Crippen molar-refractivity contribution in [2.45, 2.75) is 11.6 Å². The maximum absolute atomic E-state index is 12.9. The summed E-state index contributed by atoms with van der Waals surface area (Å²) in [6, 6.07) is 12.7. The summed E-state index contributed by atoms with van der Waals surface area (Å²) in [5, 5.41) is 3.04. The summed E-state index contributed by atoms with van der Waals surface area (Å²) in [5.41, 5.74) is 2.66. The summed E-state index contributed by atoms with van der Waals surface area (Å²) in [6.45, 7) is 0.383. The van der Waals surface area contributed by atoms with Crippen molar-refractivity contribution in [3.05, 3.63) is 60.6 Å². The molecule has 2 N–H and O–H groups in total. The fraction of sp³-hybridized carbons (Fsp3) is 0.190. The molecular formula is C21H22N6O4S. The zero-order chi connectivity index (χ0) is 22.7.